The molecule has 0 radical (unpaired) electrons. The first-order chi connectivity index (χ1) is 10.2. The van der Waals surface area contributed by atoms with Gasteiger partial charge in [0.25, 0.3) is 0 Å². The van der Waals surface area contributed by atoms with Crippen LogP contribution in [0.3, 0.4) is 0 Å². The van der Waals surface area contributed by atoms with Crippen LogP contribution in [0.15, 0.2) is 0 Å². The van der Waals surface area contributed by atoms with Gasteiger partial charge < -0.3 is 15.0 Å². The fourth-order valence-corrected chi connectivity index (χ4v) is 3.29. The number of amides is 2. The van der Waals surface area contributed by atoms with Crippen LogP contribution < -0.4 is 5.32 Å². The summed E-state index contributed by atoms with van der Waals surface area (Å²) in [7, 11) is 0. The Morgan fingerprint density at radius 2 is 1.81 bits per heavy atom. The fraction of sp³-hybridized carbons (Fsp3) is 0.875. The lowest BCUT2D eigenvalue weighted by molar-refractivity contribution is -0.151. The molecule has 2 fully saturated rings. The molecule has 2 unspecified atom stereocenters. The van der Waals surface area contributed by atoms with Crippen LogP contribution in [-0.2, 0) is 14.3 Å². The molecule has 2 atom stereocenters. The molecule has 0 saturated carbocycles. The molecule has 2 saturated heterocycles. The van der Waals surface area contributed by atoms with Crippen molar-refractivity contribution in [3.05, 3.63) is 0 Å². The van der Waals surface area contributed by atoms with E-state index in [0.29, 0.717) is 12.5 Å². The predicted octanol–water partition coefficient (Wildman–Crippen LogP) is 1.71. The van der Waals surface area contributed by atoms with Crippen molar-refractivity contribution in [3.8, 4) is 0 Å². The van der Waals surface area contributed by atoms with Gasteiger partial charge in [-0.25, -0.2) is 0 Å². The minimum atomic E-state index is -0.324. The van der Waals surface area contributed by atoms with Crippen molar-refractivity contribution >= 4 is 11.8 Å². The number of hydrogen-bond donors (Lipinski definition) is 1. The molecule has 0 bridgehead atoms. The van der Waals surface area contributed by atoms with Gasteiger partial charge in [0.15, 0.2) is 0 Å². The van der Waals surface area contributed by atoms with Gasteiger partial charge in [-0.2, -0.15) is 0 Å². The second-order valence-corrected chi connectivity index (χ2v) is 6.20. The second kappa shape index (κ2) is 7.78. The van der Waals surface area contributed by atoms with Crippen molar-refractivity contribution < 1.29 is 14.3 Å². The van der Waals surface area contributed by atoms with Crippen LogP contribution in [0.4, 0.5) is 0 Å². The summed E-state index contributed by atoms with van der Waals surface area (Å²) in [4.78, 5) is 26.9. The Balaban J connectivity index is 2.08. The van der Waals surface area contributed by atoms with E-state index < -0.39 is 0 Å². The fourth-order valence-electron chi connectivity index (χ4n) is 3.29. The van der Waals surface area contributed by atoms with Gasteiger partial charge in [0.2, 0.25) is 11.8 Å². The molecule has 0 aliphatic carbocycles. The van der Waals surface area contributed by atoms with Crippen molar-refractivity contribution in [1.29, 1.82) is 0 Å². The molecule has 0 aromatic carbocycles. The Labute approximate surface area is 127 Å². The number of ether oxygens (including phenoxy) is 1. The Bertz CT molecular complexity index is 367. The van der Waals surface area contributed by atoms with E-state index in [2.05, 4.69) is 12.2 Å². The van der Waals surface area contributed by atoms with E-state index in [1.807, 2.05) is 11.8 Å². The summed E-state index contributed by atoms with van der Waals surface area (Å²) >= 11 is 0. The van der Waals surface area contributed by atoms with E-state index in [0.717, 1.165) is 51.7 Å². The maximum Gasteiger partial charge on any atom is 0.245 e. The number of carbonyl (C=O) groups excluding carboxylic acids is 2. The summed E-state index contributed by atoms with van der Waals surface area (Å²) in [5.41, 5.74) is 0. The van der Waals surface area contributed by atoms with Gasteiger partial charge in [-0.1, -0.05) is 26.7 Å². The summed E-state index contributed by atoms with van der Waals surface area (Å²) in [5, 5.41) is 2.91. The standard InChI is InChI=1S/C16H28N2O3/c1-3-5-13-16(20)18(11-12-7-9-21-10-8-12)14(6-4-2)15(19)17-13/h12-14H,3-11H2,1-2H3,(H,17,19). The number of carbonyl (C=O) groups is 2. The number of rotatable bonds is 6. The monoisotopic (exact) mass is 296 g/mol. The third kappa shape index (κ3) is 3.96. The molecule has 5 heteroatoms. The number of piperazine rings is 1. The lowest BCUT2D eigenvalue weighted by Crippen LogP contribution is -2.64. The van der Waals surface area contributed by atoms with Crippen molar-refractivity contribution in [1.82, 2.24) is 10.2 Å². The molecule has 1 N–H and O–H groups in total. The average Bonchev–Trinajstić information content (AvgIpc) is 2.49. The van der Waals surface area contributed by atoms with E-state index in [4.69, 9.17) is 4.74 Å². The van der Waals surface area contributed by atoms with Gasteiger partial charge in [-0.3, -0.25) is 9.59 Å². The van der Waals surface area contributed by atoms with Gasteiger partial charge in [-0.05, 0) is 31.6 Å². The van der Waals surface area contributed by atoms with Crippen LogP contribution in [-0.4, -0.2) is 48.6 Å². The molecule has 2 amide bonds. The largest absolute Gasteiger partial charge is 0.381 e. The lowest BCUT2D eigenvalue weighted by Gasteiger charge is -2.41. The van der Waals surface area contributed by atoms with Crippen molar-refractivity contribution in [2.45, 2.75) is 64.5 Å². The first-order valence-electron chi connectivity index (χ1n) is 8.36. The van der Waals surface area contributed by atoms with E-state index in [-0.39, 0.29) is 23.9 Å². The minimum absolute atomic E-state index is 0.0296. The van der Waals surface area contributed by atoms with Gasteiger partial charge in [0.1, 0.15) is 12.1 Å². The molecule has 5 nitrogen and oxygen atoms in total. The minimum Gasteiger partial charge on any atom is -0.381 e. The molecular weight excluding hydrogens is 268 g/mol. The van der Waals surface area contributed by atoms with Crippen LogP contribution in [0.1, 0.15) is 52.4 Å². The Morgan fingerprint density at radius 3 is 2.43 bits per heavy atom. The molecule has 0 aromatic rings. The van der Waals surface area contributed by atoms with Crippen LogP contribution in [0, 0.1) is 5.92 Å². The van der Waals surface area contributed by atoms with Gasteiger partial charge >= 0.3 is 0 Å². The first-order valence-corrected chi connectivity index (χ1v) is 8.36. The molecule has 2 heterocycles. The number of nitrogens with one attached hydrogen (secondary N) is 1. The Kier molecular flexibility index (Phi) is 6.03. The van der Waals surface area contributed by atoms with E-state index in [9.17, 15) is 9.59 Å². The SMILES string of the molecule is CCCC1NC(=O)C(CCC)N(CC2CCOCC2)C1=O. The van der Waals surface area contributed by atoms with Crippen molar-refractivity contribution in [3.63, 3.8) is 0 Å². The zero-order valence-corrected chi connectivity index (χ0v) is 13.3. The maximum absolute atomic E-state index is 12.7. The van der Waals surface area contributed by atoms with Crippen LogP contribution >= 0.6 is 0 Å². The second-order valence-electron chi connectivity index (χ2n) is 6.20. The number of hydrogen-bond acceptors (Lipinski definition) is 3. The van der Waals surface area contributed by atoms with Crippen molar-refractivity contribution in [2.24, 2.45) is 5.92 Å². The highest BCUT2D eigenvalue weighted by atomic mass is 16.5. The maximum atomic E-state index is 12.7. The molecule has 2 aliphatic heterocycles. The van der Waals surface area contributed by atoms with E-state index in [1.165, 1.54) is 0 Å². The smallest absolute Gasteiger partial charge is 0.245 e. The molecule has 0 aromatic heterocycles. The van der Waals surface area contributed by atoms with Gasteiger partial charge in [0, 0.05) is 19.8 Å². The summed E-state index contributed by atoms with van der Waals surface area (Å²) in [5.74, 6) is 0.610. The summed E-state index contributed by atoms with van der Waals surface area (Å²) in [6.07, 6.45) is 5.27. The molecular formula is C16H28N2O3. The highest BCUT2D eigenvalue weighted by molar-refractivity contribution is 5.96. The molecule has 0 spiro atoms. The third-order valence-electron chi connectivity index (χ3n) is 4.51. The summed E-state index contributed by atoms with van der Waals surface area (Å²) in [6.45, 7) is 6.36. The van der Waals surface area contributed by atoms with Gasteiger partial charge in [0.05, 0.1) is 0 Å². The molecule has 120 valence electrons. The Hall–Kier alpha value is -1.10. The zero-order chi connectivity index (χ0) is 15.2. The third-order valence-corrected chi connectivity index (χ3v) is 4.51. The topological polar surface area (TPSA) is 58.6 Å². The highest BCUT2D eigenvalue weighted by Gasteiger charge is 2.40. The molecule has 2 rings (SSSR count). The lowest BCUT2D eigenvalue weighted by atomic mass is 9.95. The Morgan fingerprint density at radius 1 is 1.14 bits per heavy atom. The van der Waals surface area contributed by atoms with Crippen LogP contribution in [0.2, 0.25) is 0 Å². The summed E-state index contributed by atoms with van der Waals surface area (Å²) < 4.78 is 5.39. The molecule has 21 heavy (non-hydrogen) atoms. The van der Waals surface area contributed by atoms with Gasteiger partial charge in [-0.15, -0.1) is 0 Å². The van der Waals surface area contributed by atoms with E-state index in [1.54, 1.807) is 0 Å². The number of nitrogens with zero attached hydrogens (tertiary/aromatic N) is 1. The molecule has 2 aliphatic rings. The summed E-state index contributed by atoms with van der Waals surface area (Å²) in [6, 6.07) is -0.603. The normalized spacial score (nSPS) is 27.8. The quantitative estimate of drug-likeness (QED) is 0.812. The van der Waals surface area contributed by atoms with Crippen molar-refractivity contribution in [2.75, 3.05) is 19.8 Å². The van der Waals surface area contributed by atoms with E-state index >= 15 is 0 Å². The highest BCUT2D eigenvalue weighted by Crippen LogP contribution is 2.23. The zero-order valence-electron chi connectivity index (χ0n) is 13.3. The predicted molar refractivity (Wildman–Crippen MR) is 80.8 cm³/mol. The van der Waals surface area contributed by atoms with Crippen LogP contribution in [0.25, 0.3) is 0 Å². The first kappa shape index (κ1) is 16.3. The van der Waals surface area contributed by atoms with Crippen LogP contribution in [0.5, 0.6) is 0 Å². The average molecular weight is 296 g/mol.